The van der Waals surface area contributed by atoms with Crippen molar-refractivity contribution in [3.8, 4) is 11.3 Å². The lowest BCUT2D eigenvalue weighted by Crippen LogP contribution is -1.91. The Kier molecular flexibility index (Phi) is 4.96. The minimum Gasteiger partial charge on any atom is -0.253 e. The van der Waals surface area contributed by atoms with Crippen molar-refractivity contribution >= 4 is 45.9 Å². The maximum absolute atomic E-state index is 6.10. The van der Waals surface area contributed by atoms with Crippen molar-refractivity contribution in [2.45, 2.75) is 6.92 Å². The van der Waals surface area contributed by atoms with E-state index in [-0.39, 0.29) is 0 Å². The quantitative estimate of drug-likeness (QED) is 0.465. The lowest BCUT2D eigenvalue weighted by molar-refractivity contribution is 1.28. The molecule has 0 unspecified atom stereocenters. The molecule has 0 fully saturated rings. The number of hydrogen-bond acceptors (Lipinski definition) is 4. The number of rotatable bonds is 4. The van der Waals surface area contributed by atoms with Crippen LogP contribution in [0.5, 0.6) is 0 Å². The molecule has 0 bridgehead atoms. The Morgan fingerprint density at radius 2 is 1.74 bits per heavy atom. The van der Waals surface area contributed by atoms with Crippen LogP contribution < -0.4 is 5.43 Å². The molecule has 1 aromatic heterocycles. The molecule has 0 atom stereocenters. The Hall–Kier alpha value is -1.88. The predicted molar refractivity (Wildman–Crippen MR) is 100.0 cm³/mol. The summed E-state index contributed by atoms with van der Waals surface area (Å²) in [5.41, 5.74) is 5.67. The molecule has 116 valence electrons. The molecule has 3 nitrogen and oxygen atoms in total. The number of nitrogens with one attached hydrogen (secondary N) is 1. The smallest absolute Gasteiger partial charge is 0.204 e. The molecule has 3 rings (SSSR count). The van der Waals surface area contributed by atoms with Gasteiger partial charge >= 0.3 is 0 Å². The fraction of sp³-hybridized carbons (Fsp3) is 0.0588. The Balaban J connectivity index is 1.78. The van der Waals surface area contributed by atoms with Gasteiger partial charge in [0.25, 0.3) is 0 Å². The number of hydrogen-bond donors (Lipinski definition) is 1. The van der Waals surface area contributed by atoms with Gasteiger partial charge in [0.05, 0.1) is 22.0 Å². The van der Waals surface area contributed by atoms with Gasteiger partial charge in [-0.3, -0.25) is 5.43 Å². The number of hydrazone groups is 1. The standard InChI is InChI=1S/C17H13Cl2N3S/c1-11-16(12-6-3-2-4-7-12)21-17(23-11)22-20-10-13-14(18)8-5-9-15(13)19/h2-10H,1H3,(H,21,22)/b20-10-. The molecule has 1 N–H and O–H groups in total. The normalized spacial score (nSPS) is 11.1. The Labute approximate surface area is 148 Å². The van der Waals surface area contributed by atoms with Gasteiger partial charge in [0.2, 0.25) is 5.13 Å². The molecule has 23 heavy (non-hydrogen) atoms. The van der Waals surface area contributed by atoms with Gasteiger partial charge in [-0.2, -0.15) is 5.10 Å². The number of aryl methyl sites for hydroxylation is 1. The summed E-state index contributed by atoms with van der Waals surface area (Å²) in [5.74, 6) is 0. The number of thiazole rings is 1. The summed E-state index contributed by atoms with van der Waals surface area (Å²) in [6.45, 7) is 2.04. The summed E-state index contributed by atoms with van der Waals surface area (Å²) in [7, 11) is 0. The van der Waals surface area contributed by atoms with Gasteiger partial charge in [-0.1, -0.05) is 59.6 Å². The second-order valence-electron chi connectivity index (χ2n) is 4.80. The highest BCUT2D eigenvalue weighted by atomic mass is 35.5. The molecule has 0 spiro atoms. The number of aromatic nitrogens is 1. The molecule has 0 saturated heterocycles. The SMILES string of the molecule is Cc1sc(N/N=C\c2c(Cl)cccc2Cl)nc1-c1ccccc1. The van der Waals surface area contributed by atoms with E-state index >= 15 is 0 Å². The topological polar surface area (TPSA) is 37.3 Å². The van der Waals surface area contributed by atoms with E-state index < -0.39 is 0 Å². The van der Waals surface area contributed by atoms with Gasteiger partial charge in [0.15, 0.2) is 0 Å². The lowest BCUT2D eigenvalue weighted by atomic mass is 10.1. The first-order valence-corrected chi connectivity index (χ1v) is 8.48. The minimum atomic E-state index is 0.559. The van der Waals surface area contributed by atoms with Gasteiger partial charge in [0, 0.05) is 16.0 Å². The summed E-state index contributed by atoms with van der Waals surface area (Å²) in [6.07, 6.45) is 1.60. The van der Waals surface area contributed by atoms with E-state index in [4.69, 9.17) is 23.2 Å². The van der Waals surface area contributed by atoms with Crippen LogP contribution in [-0.4, -0.2) is 11.2 Å². The molecule has 0 amide bonds. The van der Waals surface area contributed by atoms with Crippen LogP contribution in [0.2, 0.25) is 10.0 Å². The van der Waals surface area contributed by atoms with E-state index in [0.717, 1.165) is 21.3 Å². The van der Waals surface area contributed by atoms with Crippen molar-refractivity contribution in [3.63, 3.8) is 0 Å². The largest absolute Gasteiger partial charge is 0.253 e. The van der Waals surface area contributed by atoms with Crippen LogP contribution in [0.3, 0.4) is 0 Å². The molecule has 3 aromatic rings. The molecule has 0 radical (unpaired) electrons. The third kappa shape index (κ3) is 3.72. The highest BCUT2D eigenvalue weighted by molar-refractivity contribution is 7.15. The third-order valence-corrected chi connectivity index (χ3v) is 4.73. The van der Waals surface area contributed by atoms with Gasteiger partial charge in [-0.05, 0) is 19.1 Å². The summed E-state index contributed by atoms with van der Waals surface area (Å²) < 4.78 is 0. The number of nitrogens with zero attached hydrogens (tertiary/aromatic N) is 2. The van der Waals surface area contributed by atoms with E-state index in [9.17, 15) is 0 Å². The molecule has 0 saturated carbocycles. The van der Waals surface area contributed by atoms with Crippen LogP contribution in [0.25, 0.3) is 11.3 Å². The summed E-state index contributed by atoms with van der Waals surface area (Å²) in [4.78, 5) is 5.71. The van der Waals surface area contributed by atoms with E-state index in [1.807, 2.05) is 37.3 Å². The van der Waals surface area contributed by atoms with Crippen molar-refractivity contribution < 1.29 is 0 Å². The predicted octanol–water partition coefficient (Wildman–Crippen LogP) is 5.87. The Morgan fingerprint density at radius 3 is 2.43 bits per heavy atom. The lowest BCUT2D eigenvalue weighted by Gasteiger charge is -2.00. The van der Waals surface area contributed by atoms with E-state index in [2.05, 4.69) is 15.5 Å². The Bertz CT molecular complexity index is 824. The second kappa shape index (κ2) is 7.13. The first-order chi connectivity index (χ1) is 11.1. The van der Waals surface area contributed by atoms with Crippen LogP contribution in [0.15, 0.2) is 53.6 Å². The number of halogens is 2. The van der Waals surface area contributed by atoms with Crippen molar-refractivity contribution in [1.82, 2.24) is 4.98 Å². The second-order valence-corrected chi connectivity index (χ2v) is 6.81. The third-order valence-electron chi connectivity index (χ3n) is 3.20. The van der Waals surface area contributed by atoms with Crippen LogP contribution in [0.1, 0.15) is 10.4 Å². The molecular weight excluding hydrogens is 349 g/mol. The van der Waals surface area contributed by atoms with Crippen molar-refractivity contribution in [1.29, 1.82) is 0 Å². The van der Waals surface area contributed by atoms with Crippen molar-refractivity contribution in [3.05, 3.63) is 69.0 Å². The van der Waals surface area contributed by atoms with Crippen LogP contribution >= 0.6 is 34.5 Å². The summed E-state index contributed by atoms with van der Waals surface area (Å²) in [6, 6.07) is 15.4. The van der Waals surface area contributed by atoms with Gasteiger partial charge in [-0.25, -0.2) is 4.98 Å². The van der Waals surface area contributed by atoms with Crippen LogP contribution in [-0.2, 0) is 0 Å². The molecule has 0 aliphatic heterocycles. The maximum atomic E-state index is 6.10. The van der Waals surface area contributed by atoms with Gasteiger partial charge in [0.1, 0.15) is 0 Å². The zero-order valence-corrected chi connectivity index (χ0v) is 14.6. The monoisotopic (exact) mass is 361 g/mol. The average molecular weight is 362 g/mol. The van der Waals surface area contributed by atoms with E-state index in [0.29, 0.717) is 15.6 Å². The highest BCUT2D eigenvalue weighted by Crippen LogP contribution is 2.30. The minimum absolute atomic E-state index is 0.559. The zero-order valence-electron chi connectivity index (χ0n) is 12.3. The Morgan fingerprint density at radius 1 is 1.04 bits per heavy atom. The van der Waals surface area contributed by atoms with E-state index in [1.165, 1.54) is 0 Å². The molecular formula is C17H13Cl2N3S. The number of benzene rings is 2. The fourth-order valence-electron chi connectivity index (χ4n) is 2.09. The zero-order chi connectivity index (χ0) is 16.2. The molecule has 2 aromatic carbocycles. The summed E-state index contributed by atoms with van der Waals surface area (Å²) >= 11 is 13.8. The van der Waals surface area contributed by atoms with Crippen LogP contribution in [0.4, 0.5) is 5.13 Å². The highest BCUT2D eigenvalue weighted by Gasteiger charge is 2.09. The average Bonchev–Trinajstić information content (AvgIpc) is 2.92. The van der Waals surface area contributed by atoms with Crippen LogP contribution in [0, 0.1) is 6.92 Å². The molecule has 1 heterocycles. The first kappa shape index (κ1) is 16.0. The number of anilines is 1. The first-order valence-electron chi connectivity index (χ1n) is 6.91. The fourth-order valence-corrected chi connectivity index (χ4v) is 3.37. The van der Waals surface area contributed by atoms with Crippen molar-refractivity contribution in [2.24, 2.45) is 5.10 Å². The van der Waals surface area contributed by atoms with Gasteiger partial charge < -0.3 is 0 Å². The van der Waals surface area contributed by atoms with Gasteiger partial charge in [-0.15, -0.1) is 11.3 Å². The molecule has 6 heteroatoms. The van der Waals surface area contributed by atoms with E-state index in [1.54, 1.807) is 35.8 Å². The molecule has 0 aliphatic carbocycles. The summed E-state index contributed by atoms with van der Waals surface area (Å²) in [5, 5.41) is 6.03. The van der Waals surface area contributed by atoms with Crippen molar-refractivity contribution in [2.75, 3.05) is 5.43 Å². The maximum Gasteiger partial charge on any atom is 0.204 e. The molecule has 0 aliphatic rings.